The number of nitrogens with zero attached hydrogens (tertiary/aromatic N) is 1. The molecule has 0 aromatic heterocycles. The maximum atomic E-state index is 12.8. The third-order valence-electron chi connectivity index (χ3n) is 6.70. The fourth-order valence-electron chi connectivity index (χ4n) is 3.79. The summed E-state index contributed by atoms with van der Waals surface area (Å²) in [5.74, 6) is -0.644. The highest BCUT2D eigenvalue weighted by Gasteiger charge is 2.53. The van der Waals surface area contributed by atoms with Crippen molar-refractivity contribution in [1.82, 2.24) is 4.90 Å². The lowest BCUT2D eigenvalue weighted by Crippen LogP contribution is -2.66. The molecule has 2 amide bonds. The minimum absolute atomic E-state index is 0.0181. The molecule has 2 heterocycles. The van der Waals surface area contributed by atoms with Gasteiger partial charge in [0.15, 0.2) is 14.6 Å². The highest BCUT2D eigenvalue weighted by molar-refractivity contribution is 6.74. The maximum absolute atomic E-state index is 12.8. The number of hydrogen-bond acceptors (Lipinski definition) is 5. The third kappa shape index (κ3) is 5.42. The highest BCUT2D eigenvalue weighted by atomic mass is 28.4. The van der Waals surface area contributed by atoms with Crippen LogP contribution >= 0.6 is 0 Å². The van der Waals surface area contributed by atoms with Crippen molar-refractivity contribution in [2.75, 3.05) is 13.2 Å². The van der Waals surface area contributed by atoms with Crippen molar-refractivity contribution in [3.05, 3.63) is 11.6 Å². The molecule has 172 valence electrons. The van der Waals surface area contributed by atoms with Gasteiger partial charge in [0.25, 0.3) is 0 Å². The largest absolute Gasteiger partial charge is 0.413 e. The van der Waals surface area contributed by atoms with Gasteiger partial charge in [-0.3, -0.25) is 14.5 Å². The van der Waals surface area contributed by atoms with Crippen LogP contribution in [0.4, 0.5) is 0 Å². The number of rotatable bonds is 6. The zero-order valence-electron chi connectivity index (χ0n) is 20.5. The molecule has 0 bridgehead atoms. The van der Waals surface area contributed by atoms with Gasteiger partial charge in [0.1, 0.15) is 0 Å². The number of carbonyl (C=O) groups is 2. The molecule has 2 aliphatic heterocycles. The average Bonchev–Trinajstić information content (AvgIpc) is 2.56. The van der Waals surface area contributed by atoms with Gasteiger partial charge in [-0.2, -0.15) is 0 Å². The van der Waals surface area contributed by atoms with E-state index in [4.69, 9.17) is 13.9 Å². The Morgan fingerprint density at radius 3 is 2.27 bits per heavy atom. The van der Waals surface area contributed by atoms with Crippen molar-refractivity contribution in [2.45, 2.75) is 98.4 Å². The van der Waals surface area contributed by atoms with Crippen LogP contribution in [-0.2, 0) is 23.5 Å². The Morgan fingerprint density at radius 1 is 1.27 bits per heavy atom. The number of ether oxygens (including phenoxy) is 2. The lowest BCUT2D eigenvalue weighted by Gasteiger charge is -2.50. The van der Waals surface area contributed by atoms with Crippen LogP contribution < -0.4 is 0 Å². The molecular weight excluding hydrogens is 398 g/mol. The summed E-state index contributed by atoms with van der Waals surface area (Å²) in [7, 11) is -2.02. The second kappa shape index (κ2) is 8.85. The van der Waals surface area contributed by atoms with Crippen LogP contribution in [0.25, 0.3) is 0 Å². The Kier molecular flexibility index (Phi) is 7.44. The molecule has 0 N–H and O–H groups in total. The first-order valence-electron chi connectivity index (χ1n) is 11.0. The number of β-lactam (4-membered cyclic amide) rings is 1. The molecule has 7 heteroatoms. The molecule has 0 aromatic rings. The smallest absolute Gasteiger partial charge is 0.237 e. The lowest BCUT2D eigenvalue weighted by atomic mass is 9.81. The van der Waals surface area contributed by atoms with Gasteiger partial charge in [0, 0.05) is 12.3 Å². The van der Waals surface area contributed by atoms with E-state index in [1.54, 1.807) is 0 Å². The maximum Gasteiger partial charge on any atom is 0.237 e. The van der Waals surface area contributed by atoms with Crippen molar-refractivity contribution in [1.29, 1.82) is 0 Å². The van der Waals surface area contributed by atoms with Crippen molar-refractivity contribution in [3.8, 4) is 0 Å². The third-order valence-corrected chi connectivity index (χ3v) is 11.3. The van der Waals surface area contributed by atoms with Crippen molar-refractivity contribution >= 4 is 20.1 Å². The quantitative estimate of drug-likeness (QED) is 0.346. The molecule has 0 unspecified atom stereocenters. The summed E-state index contributed by atoms with van der Waals surface area (Å²) >= 11 is 0. The van der Waals surface area contributed by atoms with Crippen molar-refractivity contribution < 1.29 is 23.5 Å². The topological polar surface area (TPSA) is 65.1 Å². The molecule has 0 saturated carbocycles. The summed E-state index contributed by atoms with van der Waals surface area (Å²) < 4.78 is 18.2. The van der Waals surface area contributed by atoms with E-state index in [0.29, 0.717) is 19.6 Å². The Bertz CT molecular complexity index is 684. The first-order valence-corrected chi connectivity index (χ1v) is 13.9. The first-order chi connectivity index (χ1) is 13.6. The molecule has 0 spiro atoms. The van der Waals surface area contributed by atoms with E-state index in [0.717, 1.165) is 5.57 Å². The number of imide groups is 1. The summed E-state index contributed by atoms with van der Waals surface area (Å²) in [5.41, 5.74) is 0.995. The van der Waals surface area contributed by atoms with Crippen LogP contribution in [0.15, 0.2) is 11.6 Å². The average molecular weight is 440 g/mol. The minimum Gasteiger partial charge on any atom is -0.413 e. The number of hydrogen-bond donors (Lipinski definition) is 0. The molecule has 2 saturated heterocycles. The van der Waals surface area contributed by atoms with E-state index in [1.165, 1.54) is 11.8 Å². The van der Waals surface area contributed by atoms with Gasteiger partial charge in [-0.25, -0.2) is 0 Å². The van der Waals surface area contributed by atoms with Crippen LogP contribution in [0.2, 0.25) is 18.1 Å². The van der Waals surface area contributed by atoms with Gasteiger partial charge in [0.2, 0.25) is 11.8 Å². The number of carbonyl (C=O) groups excluding carboxylic acids is 2. The van der Waals surface area contributed by atoms with Crippen molar-refractivity contribution in [2.24, 2.45) is 11.3 Å². The van der Waals surface area contributed by atoms with E-state index in [9.17, 15) is 9.59 Å². The summed E-state index contributed by atoms with van der Waals surface area (Å²) in [6.07, 6.45) is 2.04. The summed E-state index contributed by atoms with van der Waals surface area (Å²) in [6, 6.07) is -0.190. The molecule has 3 atom stereocenters. The van der Waals surface area contributed by atoms with E-state index in [1.807, 2.05) is 19.9 Å². The molecular formula is C23H41NO5Si. The molecule has 0 aliphatic carbocycles. The van der Waals surface area contributed by atoms with Gasteiger partial charge >= 0.3 is 0 Å². The van der Waals surface area contributed by atoms with Crippen LogP contribution in [0, 0.1) is 11.3 Å². The standard InChI is InChI=1S/C23H41NO5Si/c1-15(21-27-13-23(7,8)14-28-21)11-12-18-19(20(26)24(18)17(3)25)16(2)29-30(9,10)22(4,5)6/h11,16,18-19,21H,12-14H2,1-10H3/b15-11+/t16-,18-,19-/m1/s1. The Balaban J connectivity index is 2.10. The molecule has 6 nitrogen and oxygen atoms in total. The summed E-state index contributed by atoms with van der Waals surface area (Å²) in [6.45, 7) is 21.8. The fourth-order valence-corrected chi connectivity index (χ4v) is 5.22. The molecule has 2 aliphatic rings. The van der Waals surface area contributed by atoms with Gasteiger partial charge in [0.05, 0.1) is 31.3 Å². The predicted octanol–water partition coefficient (Wildman–Crippen LogP) is 4.51. The molecule has 0 aromatic carbocycles. The monoisotopic (exact) mass is 439 g/mol. The van der Waals surface area contributed by atoms with Gasteiger partial charge in [-0.05, 0) is 44.0 Å². The van der Waals surface area contributed by atoms with E-state index < -0.39 is 8.32 Å². The van der Waals surface area contributed by atoms with Crippen LogP contribution in [0.5, 0.6) is 0 Å². The minimum atomic E-state index is -2.02. The molecule has 30 heavy (non-hydrogen) atoms. The van der Waals surface area contributed by atoms with Gasteiger partial charge in [-0.15, -0.1) is 0 Å². The van der Waals surface area contributed by atoms with Crippen molar-refractivity contribution in [3.63, 3.8) is 0 Å². The SMILES string of the molecule is CC(=O)N1C(=O)[C@H]([C@@H](C)O[Si](C)(C)C(C)(C)C)[C@H]1C/C=C(\C)C1OCC(C)(C)CO1. The Hall–Kier alpha value is -1.02. The normalized spacial score (nSPS) is 27.1. The second-order valence-electron chi connectivity index (χ2n) is 11.2. The summed E-state index contributed by atoms with van der Waals surface area (Å²) in [4.78, 5) is 26.2. The predicted molar refractivity (Wildman–Crippen MR) is 120 cm³/mol. The lowest BCUT2D eigenvalue weighted by molar-refractivity contribution is -0.203. The Labute approximate surface area is 183 Å². The summed E-state index contributed by atoms with van der Waals surface area (Å²) in [5, 5.41) is 0.0593. The van der Waals surface area contributed by atoms with Crippen LogP contribution in [0.3, 0.4) is 0 Å². The van der Waals surface area contributed by atoms with Gasteiger partial charge in [-0.1, -0.05) is 40.7 Å². The number of amides is 2. The van der Waals surface area contributed by atoms with E-state index in [-0.39, 0.29) is 46.6 Å². The first kappa shape index (κ1) is 25.2. The Morgan fingerprint density at radius 2 is 1.80 bits per heavy atom. The number of likely N-dealkylation sites (tertiary alicyclic amines) is 1. The van der Waals surface area contributed by atoms with Gasteiger partial charge < -0.3 is 13.9 Å². The molecule has 2 rings (SSSR count). The zero-order chi connectivity index (χ0) is 23.1. The molecule has 2 fully saturated rings. The van der Waals surface area contributed by atoms with E-state index in [2.05, 4.69) is 47.7 Å². The van der Waals surface area contributed by atoms with Crippen LogP contribution in [-0.4, -0.2) is 56.7 Å². The zero-order valence-corrected chi connectivity index (χ0v) is 21.5. The second-order valence-corrected chi connectivity index (χ2v) is 16.0. The molecule has 0 radical (unpaired) electrons. The fraction of sp³-hybridized carbons (Fsp3) is 0.826. The van der Waals surface area contributed by atoms with Crippen LogP contribution in [0.1, 0.15) is 61.8 Å². The van der Waals surface area contributed by atoms with E-state index >= 15 is 0 Å². The highest BCUT2D eigenvalue weighted by Crippen LogP contribution is 2.41.